The number of nitrogens with zero attached hydrogens (tertiary/aromatic N) is 4. The SMILES string of the molecule is CC(c1nc2c(cnn2C2CCOCC2)c(=O)[nH]1)N1CC(Oc2c(F)cccc2F)C1. The zero-order chi connectivity index (χ0) is 21.5. The quantitative estimate of drug-likeness (QED) is 0.669. The van der Waals surface area contributed by atoms with Crippen molar-refractivity contribution < 1.29 is 18.3 Å². The Labute approximate surface area is 176 Å². The molecule has 0 aliphatic carbocycles. The zero-order valence-electron chi connectivity index (χ0n) is 17.1. The van der Waals surface area contributed by atoms with E-state index in [0.29, 0.717) is 43.2 Å². The Bertz CT molecular complexity index is 1130. The van der Waals surface area contributed by atoms with Crippen LogP contribution in [0.25, 0.3) is 11.0 Å². The van der Waals surface area contributed by atoms with Crippen LogP contribution in [0.5, 0.6) is 5.75 Å². The molecular formula is C21H23F2N5O3. The molecule has 2 saturated heterocycles. The Morgan fingerprint density at radius 3 is 2.65 bits per heavy atom. The maximum Gasteiger partial charge on any atom is 0.262 e. The van der Waals surface area contributed by atoms with Crippen molar-refractivity contribution in [2.24, 2.45) is 0 Å². The summed E-state index contributed by atoms with van der Waals surface area (Å²) in [5.41, 5.74) is 0.339. The van der Waals surface area contributed by atoms with Gasteiger partial charge in [0.2, 0.25) is 0 Å². The summed E-state index contributed by atoms with van der Waals surface area (Å²) in [6, 6.07) is 3.60. The molecule has 1 atom stereocenters. The Hall–Kier alpha value is -2.85. The van der Waals surface area contributed by atoms with E-state index in [9.17, 15) is 13.6 Å². The van der Waals surface area contributed by atoms with E-state index in [0.717, 1.165) is 12.8 Å². The highest BCUT2D eigenvalue weighted by Crippen LogP contribution is 2.29. The monoisotopic (exact) mass is 431 g/mol. The summed E-state index contributed by atoms with van der Waals surface area (Å²) in [7, 11) is 0. The van der Waals surface area contributed by atoms with Crippen molar-refractivity contribution in [3.8, 4) is 5.75 Å². The number of para-hydroxylation sites is 1. The molecule has 1 N–H and O–H groups in total. The lowest BCUT2D eigenvalue weighted by molar-refractivity contribution is -0.0111. The van der Waals surface area contributed by atoms with Gasteiger partial charge in [0.25, 0.3) is 5.56 Å². The number of nitrogens with one attached hydrogen (secondary N) is 1. The third-order valence-corrected chi connectivity index (χ3v) is 6.04. The number of likely N-dealkylation sites (tertiary alicyclic amines) is 1. The molecule has 0 radical (unpaired) electrons. The van der Waals surface area contributed by atoms with Crippen molar-refractivity contribution in [3.05, 3.63) is 52.2 Å². The molecule has 0 amide bonds. The van der Waals surface area contributed by atoms with E-state index < -0.39 is 11.6 Å². The molecule has 0 spiro atoms. The summed E-state index contributed by atoms with van der Waals surface area (Å²) in [5.74, 6) is -1.26. The lowest BCUT2D eigenvalue weighted by atomic mass is 10.1. The van der Waals surface area contributed by atoms with Gasteiger partial charge in [0, 0.05) is 26.3 Å². The second-order valence-corrected chi connectivity index (χ2v) is 8.04. The van der Waals surface area contributed by atoms with Crippen LogP contribution in [0.4, 0.5) is 8.78 Å². The molecular weight excluding hydrogens is 408 g/mol. The van der Waals surface area contributed by atoms with Crippen LogP contribution in [0.15, 0.2) is 29.2 Å². The van der Waals surface area contributed by atoms with Gasteiger partial charge in [-0.15, -0.1) is 0 Å². The summed E-state index contributed by atoms with van der Waals surface area (Å²) in [6.07, 6.45) is 2.88. The zero-order valence-corrected chi connectivity index (χ0v) is 17.1. The average molecular weight is 431 g/mol. The van der Waals surface area contributed by atoms with Crippen molar-refractivity contribution >= 4 is 11.0 Å². The molecule has 1 aromatic carbocycles. The van der Waals surface area contributed by atoms with Crippen LogP contribution in [0.3, 0.4) is 0 Å². The second kappa shape index (κ2) is 8.01. The molecule has 0 saturated carbocycles. The Balaban J connectivity index is 1.32. The highest BCUT2D eigenvalue weighted by molar-refractivity contribution is 5.73. The highest BCUT2D eigenvalue weighted by atomic mass is 19.1. The first kappa shape index (κ1) is 20.1. The van der Waals surface area contributed by atoms with Gasteiger partial charge in [-0.05, 0) is 31.9 Å². The molecule has 2 aliphatic heterocycles. The first-order valence-corrected chi connectivity index (χ1v) is 10.4. The number of rotatable bonds is 5. The van der Waals surface area contributed by atoms with Gasteiger partial charge in [-0.25, -0.2) is 18.4 Å². The van der Waals surface area contributed by atoms with Crippen molar-refractivity contribution in [2.75, 3.05) is 26.3 Å². The first-order chi connectivity index (χ1) is 15.0. The van der Waals surface area contributed by atoms with Gasteiger partial charge < -0.3 is 14.5 Å². The third kappa shape index (κ3) is 3.70. The molecule has 0 bridgehead atoms. The standard InChI is InChI=1S/C21H23F2N5O3/c1-12(27-10-14(11-27)31-18-16(22)3-2-4-17(18)23)19-25-20-15(21(29)26-19)9-24-28(20)13-5-7-30-8-6-13/h2-4,9,12-14H,5-8,10-11H2,1H3,(H,25,26,29). The Morgan fingerprint density at radius 2 is 1.94 bits per heavy atom. The van der Waals surface area contributed by atoms with Crippen LogP contribution in [-0.2, 0) is 4.74 Å². The highest BCUT2D eigenvalue weighted by Gasteiger charge is 2.35. The molecule has 4 heterocycles. The lowest BCUT2D eigenvalue weighted by Crippen LogP contribution is -2.54. The smallest absolute Gasteiger partial charge is 0.262 e. The fraction of sp³-hybridized carbons (Fsp3) is 0.476. The van der Waals surface area contributed by atoms with E-state index in [1.165, 1.54) is 18.2 Å². The summed E-state index contributed by atoms with van der Waals surface area (Å²) >= 11 is 0. The second-order valence-electron chi connectivity index (χ2n) is 8.04. The third-order valence-electron chi connectivity index (χ3n) is 6.04. The number of hydrogen-bond acceptors (Lipinski definition) is 6. The average Bonchev–Trinajstić information content (AvgIpc) is 3.17. The van der Waals surface area contributed by atoms with Gasteiger partial charge >= 0.3 is 0 Å². The van der Waals surface area contributed by atoms with Crippen LogP contribution in [0, 0.1) is 11.6 Å². The molecule has 10 heteroatoms. The van der Waals surface area contributed by atoms with Crippen LogP contribution in [0.1, 0.15) is 37.7 Å². The van der Waals surface area contributed by atoms with Gasteiger partial charge in [0.1, 0.15) is 17.3 Å². The fourth-order valence-electron chi connectivity index (χ4n) is 4.14. The van der Waals surface area contributed by atoms with Gasteiger partial charge in [-0.1, -0.05) is 6.07 Å². The first-order valence-electron chi connectivity index (χ1n) is 10.4. The normalized spacial score (nSPS) is 19.5. The van der Waals surface area contributed by atoms with Gasteiger partial charge in [-0.3, -0.25) is 9.69 Å². The molecule has 8 nitrogen and oxygen atoms in total. The number of ether oxygens (including phenoxy) is 2. The summed E-state index contributed by atoms with van der Waals surface area (Å²) in [4.78, 5) is 22.2. The molecule has 164 valence electrons. The minimum atomic E-state index is -0.718. The van der Waals surface area contributed by atoms with E-state index in [1.54, 1.807) is 6.20 Å². The van der Waals surface area contributed by atoms with Crippen molar-refractivity contribution in [3.63, 3.8) is 0 Å². The topological polar surface area (TPSA) is 85.3 Å². The lowest BCUT2D eigenvalue weighted by Gasteiger charge is -2.42. The minimum Gasteiger partial charge on any atom is -0.482 e. The van der Waals surface area contributed by atoms with E-state index in [-0.39, 0.29) is 29.5 Å². The van der Waals surface area contributed by atoms with Gasteiger partial charge in [0.05, 0.1) is 18.3 Å². The summed E-state index contributed by atoms with van der Waals surface area (Å²) < 4.78 is 40.3. The summed E-state index contributed by atoms with van der Waals surface area (Å²) in [5, 5.41) is 4.87. The molecule has 3 aromatic rings. The summed E-state index contributed by atoms with van der Waals surface area (Å²) in [6.45, 7) is 4.19. The molecule has 5 rings (SSSR count). The number of aromatic nitrogens is 4. The van der Waals surface area contributed by atoms with E-state index in [2.05, 4.69) is 10.1 Å². The molecule has 2 aliphatic rings. The van der Waals surface area contributed by atoms with Crippen molar-refractivity contribution in [2.45, 2.75) is 38.0 Å². The van der Waals surface area contributed by atoms with Gasteiger partial charge in [-0.2, -0.15) is 5.10 Å². The number of H-pyrrole nitrogens is 1. The van der Waals surface area contributed by atoms with E-state index in [1.807, 2.05) is 16.5 Å². The van der Waals surface area contributed by atoms with Crippen LogP contribution >= 0.6 is 0 Å². The number of halogens is 2. The predicted molar refractivity (Wildman–Crippen MR) is 108 cm³/mol. The Morgan fingerprint density at radius 1 is 1.23 bits per heavy atom. The van der Waals surface area contributed by atoms with E-state index >= 15 is 0 Å². The van der Waals surface area contributed by atoms with Crippen molar-refractivity contribution in [1.82, 2.24) is 24.6 Å². The molecule has 31 heavy (non-hydrogen) atoms. The maximum absolute atomic E-state index is 13.8. The van der Waals surface area contributed by atoms with Crippen molar-refractivity contribution in [1.29, 1.82) is 0 Å². The number of fused-ring (bicyclic) bond motifs is 1. The van der Waals surface area contributed by atoms with Crippen LogP contribution < -0.4 is 10.3 Å². The van der Waals surface area contributed by atoms with Crippen LogP contribution in [-0.4, -0.2) is 57.1 Å². The Kier molecular flexibility index (Phi) is 5.19. The largest absolute Gasteiger partial charge is 0.482 e. The predicted octanol–water partition coefficient (Wildman–Crippen LogP) is 2.57. The maximum atomic E-state index is 13.8. The minimum absolute atomic E-state index is 0.154. The number of hydrogen-bond donors (Lipinski definition) is 1. The number of benzene rings is 1. The molecule has 2 fully saturated rings. The number of aromatic amines is 1. The van der Waals surface area contributed by atoms with Crippen LogP contribution in [0.2, 0.25) is 0 Å². The fourth-order valence-corrected chi connectivity index (χ4v) is 4.14. The molecule has 2 aromatic heterocycles. The molecule has 1 unspecified atom stereocenters. The van der Waals surface area contributed by atoms with Gasteiger partial charge in [0.15, 0.2) is 23.0 Å². The van der Waals surface area contributed by atoms with E-state index in [4.69, 9.17) is 14.5 Å².